The zero-order chi connectivity index (χ0) is 33.0. The van der Waals surface area contributed by atoms with Crippen molar-refractivity contribution in [3.05, 3.63) is 176 Å². The van der Waals surface area contributed by atoms with E-state index < -0.39 is 0 Å². The second kappa shape index (κ2) is 11.4. The second-order valence-electron chi connectivity index (χ2n) is 12.6. The summed E-state index contributed by atoms with van der Waals surface area (Å²) in [5, 5.41) is 3.46. The minimum Gasteiger partial charge on any atom is -0.452 e. The van der Waals surface area contributed by atoms with E-state index in [1.165, 1.54) is 21.8 Å². The molecule has 0 saturated carbocycles. The molecule has 0 saturated heterocycles. The van der Waals surface area contributed by atoms with Crippen molar-refractivity contribution >= 4 is 43.9 Å². The third kappa shape index (κ3) is 4.61. The van der Waals surface area contributed by atoms with E-state index in [1.54, 1.807) is 0 Å². The lowest BCUT2D eigenvalue weighted by atomic mass is 10.0. The van der Waals surface area contributed by atoms with E-state index in [1.807, 2.05) is 24.3 Å². The van der Waals surface area contributed by atoms with Crippen molar-refractivity contribution in [3.8, 4) is 50.6 Å². The first-order valence-electron chi connectivity index (χ1n) is 16.8. The topological polar surface area (TPSA) is 43.9 Å². The molecule has 0 unspecified atom stereocenters. The van der Waals surface area contributed by atoms with Gasteiger partial charge in [-0.15, -0.1) is 0 Å². The maximum absolute atomic E-state index is 6.72. The van der Waals surface area contributed by atoms with Gasteiger partial charge in [-0.1, -0.05) is 133 Å². The van der Waals surface area contributed by atoms with Crippen LogP contribution in [-0.2, 0) is 0 Å². The molecule has 0 aliphatic heterocycles. The normalized spacial score (nSPS) is 11.6. The van der Waals surface area contributed by atoms with Crippen LogP contribution in [0.25, 0.3) is 94.5 Å². The summed E-state index contributed by atoms with van der Waals surface area (Å²) < 4.78 is 9.08. The number of hydrogen-bond donors (Lipinski definition) is 0. The van der Waals surface area contributed by atoms with Gasteiger partial charge in [0.05, 0.1) is 11.0 Å². The monoisotopic (exact) mass is 639 g/mol. The second-order valence-corrected chi connectivity index (χ2v) is 12.6. The maximum atomic E-state index is 6.72. The molecular weight excluding hydrogens is 611 g/mol. The Hall–Kier alpha value is -6.78. The van der Waals surface area contributed by atoms with Crippen molar-refractivity contribution in [2.75, 3.05) is 0 Å². The van der Waals surface area contributed by atoms with Crippen LogP contribution in [0.15, 0.2) is 180 Å². The fourth-order valence-electron chi connectivity index (χ4n) is 7.24. The van der Waals surface area contributed by atoms with Crippen molar-refractivity contribution < 1.29 is 4.42 Å². The van der Waals surface area contributed by atoms with Gasteiger partial charge in [-0.2, -0.15) is 0 Å². The largest absolute Gasteiger partial charge is 0.452 e. The van der Waals surface area contributed by atoms with Crippen LogP contribution in [-0.4, -0.2) is 14.5 Å². The summed E-state index contributed by atoms with van der Waals surface area (Å²) in [6, 6.07) is 61.5. The molecule has 0 atom stereocenters. The van der Waals surface area contributed by atoms with E-state index in [0.717, 1.165) is 61.2 Å². The molecule has 0 aliphatic rings. The van der Waals surface area contributed by atoms with Crippen LogP contribution in [0.3, 0.4) is 0 Å². The Morgan fingerprint density at radius 1 is 0.400 bits per heavy atom. The zero-order valence-corrected chi connectivity index (χ0v) is 27.0. The van der Waals surface area contributed by atoms with E-state index in [9.17, 15) is 0 Å². The molecule has 50 heavy (non-hydrogen) atoms. The quantitative estimate of drug-likeness (QED) is 0.188. The van der Waals surface area contributed by atoms with Gasteiger partial charge in [0, 0.05) is 33.0 Å². The molecule has 0 spiro atoms. The van der Waals surface area contributed by atoms with Crippen molar-refractivity contribution in [2.45, 2.75) is 0 Å². The Balaban J connectivity index is 1.14. The van der Waals surface area contributed by atoms with Crippen molar-refractivity contribution in [3.63, 3.8) is 0 Å². The third-order valence-corrected chi connectivity index (χ3v) is 9.61. The number of nitrogens with zero attached hydrogens (tertiary/aromatic N) is 3. The fourth-order valence-corrected chi connectivity index (χ4v) is 7.24. The minimum absolute atomic E-state index is 0.670. The Bertz CT molecular complexity index is 2810. The highest BCUT2D eigenvalue weighted by molar-refractivity contribution is 6.10. The molecule has 3 heterocycles. The smallest absolute Gasteiger partial charge is 0.180 e. The van der Waals surface area contributed by atoms with Crippen LogP contribution in [0.1, 0.15) is 0 Å². The fraction of sp³-hybridized carbons (Fsp3) is 0. The molecular formula is C46H29N3O. The Kier molecular flexibility index (Phi) is 6.46. The predicted molar refractivity (Wildman–Crippen MR) is 205 cm³/mol. The standard InChI is InChI=1S/C46H29N3O/c1-3-13-30(14-4-1)32-17-11-19-35(27-32)43-45-44(48-46(47-43)31-15-5-2-6-16-31)39-26-25-34(29-42(39)50-45)33-18-12-20-36(28-33)49-40-23-9-7-21-37(40)38-22-8-10-24-41(38)49/h1-29H. The molecule has 4 nitrogen and oxygen atoms in total. The van der Waals surface area contributed by atoms with E-state index >= 15 is 0 Å². The number of para-hydroxylation sites is 2. The average Bonchev–Trinajstić information content (AvgIpc) is 3.74. The van der Waals surface area contributed by atoms with Gasteiger partial charge in [-0.3, -0.25) is 0 Å². The molecule has 0 fully saturated rings. The molecule has 0 bridgehead atoms. The molecule has 0 radical (unpaired) electrons. The van der Waals surface area contributed by atoms with Crippen molar-refractivity contribution in [2.24, 2.45) is 0 Å². The summed E-state index contributed by atoms with van der Waals surface area (Å²) in [6.07, 6.45) is 0. The van der Waals surface area contributed by atoms with Crippen LogP contribution < -0.4 is 0 Å². The van der Waals surface area contributed by atoms with E-state index in [4.69, 9.17) is 14.4 Å². The highest BCUT2D eigenvalue weighted by atomic mass is 16.3. The number of furan rings is 1. The van der Waals surface area contributed by atoms with Crippen LogP contribution in [0, 0.1) is 0 Å². The molecule has 234 valence electrons. The van der Waals surface area contributed by atoms with Gasteiger partial charge < -0.3 is 8.98 Å². The number of benzene rings is 7. The predicted octanol–water partition coefficient (Wildman–Crippen LogP) is 12.1. The van der Waals surface area contributed by atoms with Gasteiger partial charge >= 0.3 is 0 Å². The summed E-state index contributed by atoms with van der Waals surface area (Å²) >= 11 is 0. The van der Waals surface area contributed by atoms with Crippen LogP contribution in [0.2, 0.25) is 0 Å². The molecule has 0 amide bonds. The van der Waals surface area contributed by atoms with Gasteiger partial charge in [0.15, 0.2) is 11.4 Å². The highest BCUT2D eigenvalue weighted by Gasteiger charge is 2.19. The molecule has 0 N–H and O–H groups in total. The van der Waals surface area contributed by atoms with E-state index in [0.29, 0.717) is 11.4 Å². The maximum Gasteiger partial charge on any atom is 0.180 e. The summed E-state index contributed by atoms with van der Waals surface area (Å²) in [6.45, 7) is 0. The lowest BCUT2D eigenvalue weighted by molar-refractivity contribution is 0.667. The lowest BCUT2D eigenvalue weighted by Gasteiger charge is -2.10. The SMILES string of the molecule is c1ccc(-c2cccc(-c3nc(-c4ccccc4)nc4c3oc3cc(-c5cccc(-n6c7ccccc7c7ccccc76)c5)ccc34)c2)cc1. The van der Waals surface area contributed by atoms with Crippen molar-refractivity contribution in [1.82, 2.24) is 14.5 Å². The third-order valence-electron chi connectivity index (χ3n) is 9.61. The van der Waals surface area contributed by atoms with E-state index in [-0.39, 0.29) is 0 Å². The molecule has 4 heteroatoms. The van der Waals surface area contributed by atoms with Gasteiger partial charge in [0.1, 0.15) is 16.8 Å². The Morgan fingerprint density at radius 3 is 1.72 bits per heavy atom. The summed E-state index contributed by atoms with van der Waals surface area (Å²) in [4.78, 5) is 10.2. The molecule has 10 aromatic rings. The summed E-state index contributed by atoms with van der Waals surface area (Å²) in [7, 11) is 0. The van der Waals surface area contributed by atoms with Crippen molar-refractivity contribution in [1.29, 1.82) is 0 Å². The molecule has 3 aromatic heterocycles. The summed E-state index contributed by atoms with van der Waals surface area (Å²) in [5.74, 6) is 0.670. The lowest BCUT2D eigenvalue weighted by Crippen LogP contribution is -1.94. The first-order chi connectivity index (χ1) is 24.8. The highest BCUT2D eigenvalue weighted by Crippen LogP contribution is 2.39. The number of hydrogen-bond acceptors (Lipinski definition) is 3. The molecule has 10 rings (SSSR count). The Labute approximate surface area is 288 Å². The van der Waals surface area contributed by atoms with Crippen LogP contribution in [0.5, 0.6) is 0 Å². The number of rotatable bonds is 5. The molecule has 7 aromatic carbocycles. The number of aromatic nitrogens is 3. The summed E-state index contributed by atoms with van der Waals surface area (Å²) in [5.41, 5.74) is 12.9. The zero-order valence-electron chi connectivity index (χ0n) is 27.0. The van der Waals surface area contributed by atoms with Gasteiger partial charge in [0.2, 0.25) is 0 Å². The van der Waals surface area contributed by atoms with Crippen LogP contribution in [0.4, 0.5) is 0 Å². The Morgan fingerprint density at radius 2 is 0.980 bits per heavy atom. The average molecular weight is 640 g/mol. The molecule has 0 aliphatic carbocycles. The first-order valence-corrected chi connectivity index (χ1v) is 16.8. The first kappa shape index (κ1) is 28.3. The number of fused-ring (bicyclic) bond motifs is 6. The van der Waals surface area contributed by atoms with Gasteiger partial charge in [-0.25, -0.2) is 9.97 Å². The van der Waals surface area contributed by atoms with Crippen LogP contribution >= 0.6 is 0 Å². The van der Waals surface area contributed by atoms with Gasteiger partial charge in [-0.05, 0) is 64.7 Å². The van der Waals surface area contributed by atoms with Gasteiger partial charge in [0.25, 0.3) is 0 Å². The minimum atomic E-state index is 0.670. The van der Waals surface area contributed by atoms with E-state index in [2.05, 4.69) is 156 Å².